The van der Waals surface area contributed by atoms with Crippen molar-refractivity contribution in [1.29, 1.82) is 0 Å². The molecule has 305 valence electrons. The van der Waals surface area contributed by atoms with Gasteiger partial charge in [-0.1, -0.05) is 148 Å². The van der Waals surface area contributed by atoms with Gasteiger partial charge in [0.05, 0.1) is 11.6 Å². The van der Waals surface area contributed by atoms with Gasteiger partial charge in [0.25, 0.3) is 5.89 Å². The number of Topliss-reactive ketones (excluding diaryl/α,β-unsaturated/α-hetero) is 2. The molecule has 2 heterocycles. The van der Waals surface area contributed by atoms with Gasteiger partial charge in [-0.15, -0.1) is 6.58 Å². The Morgan fingerprint density at radius 3 is 2.10 bits per heavy atom. The highest BCUT2D eigenvalue weighted by molar-refractivity contribution is 6.48. The zero-order valence-electron chi connectivity index (χ0n) is 35.0. The number of aromatic nitrogens is 1. The second-order valence-electron chi connectivity index (χ2n) is 14.3. The first-order chi connectivity index (χ1) is 29.1. The van der Waals surface area contributed by atoms with Crippen molar-refractivity contribution in [3.8, 4) is 11.1 Å². The van der Waals surface area contributed by atoms with Gasteiger partial charge in [0.15, 0.2) is 17.2 Å². The zero-order chi connectivity index (χ0) is 43.0. The Balaban J connectivity index is 0.000000219. The fourth-order valence-corrected chi connectivity index (χ4v) is 6.82. The predicted molar refractivity (Wildman–Crippen MR) is 245 cm³/mol. The van der Waals surface area contributed by atoms with Crippen LogP contribution in [0.5, 0.6) is 0 Å². The van der Waals surface area contributed by atoms with Crippen molar-refractivity contribution < 1.29 is 18.4 Å². The number of aryl methyl sites for hydroxylation is 3. The van der Waals surface area contributed by atoms with Crippen LogP contribution in [0.4, 0.5) is 4.39 Å². The number of ketones is 2. The molecule has 0 saturated carbocycles. The third-order valence-electron chi connectivity index (χ3n) is 10.00. The fraction of sp³-hybridized carbons (Fsp3) is 0.189. The predicted octanol–water partition coefficient (Wildman–Crippen LogP) is 12.7. The highest BCUT2D eigenvalue weighted by atomic mass is 19.1. The highest BCUT2D eigenvalue weighted by Crippen LogP contribution is 2.35. The van der Waals surface area contributed by atoms with E-state index in [9.17, 15) is 14.0 Å². The summed E-state index contributed by atoms with van der Waals surface area (Å²) in [6, 6.07) is 39.0. The molecule has 0 spiro atoms. The number of nitrogens with zero attached hydrogens (tertiary/aromatic N) is 2. The number of fused-ring (bicyclic) bond motifs is 1. The van der Waals surface area contributed by atoms with Gasteiger partial charge in [0.2, 0.25) is 5.78 Å². The Kier molecular flexibility index (Phi) is 16.2. The number of carbonyl (C=O) groups excluding carboxylic acids is 2. The largest absolute Gasteiger partial charge is 0.434 e. The lowest BCUT2D eigenvalue weighted by Crippen LogP contribution is -2.20. The molecule has 7 rings (SSSR count). The second-order valence-corrected chi connectivity index (χ2v) is 14.3. The SMILES string of the molecule is C=C[C]1C(C(=O)Cc2ccccc2)=NC(=C)/C1=C\C(=C/N)c1ccc(C)cc1.CC.Cc1ccccc1-c1cc(F)c2nc(C(=O)CCCCCc3ccccc3)oc2c1. The Morgan fingerprint density at radius 2 is 1.45 bits per heavy atom. The summed E-state index contributed by atoms with van der Waals surface area (Å²) in [5.74, 6) is -0.0234. The topological polar surface area (TPSA) is 98.5 Å². The van der Waals surface area contributed by atoms with Crippen LogP contribution in [0.15, 0.2) is 174 Å². The average Bonchev–Trinajstić information content (AvgIpc) is 3.86. The van der Waals surface area contributed by atoms with Crippen LogP contribution in [-0.4, -0.2) is 22.3 Å². The van der Waals surface area contributed by atoms with Gasteiger partial charge in [-0.25, -0.2) is 14.4 Å². The van der Waals surface area contributed by atoms with E-state index in [1.165, 1.54) is 17.2 Å². The number of unbranched alkanes of at least 4 members (excludes halogenated alkanes) is 2. The van der Waals surface area contributed by atoms with Crippen molar-refractivity contribution in [2.24, 2.45) is 10.7 Å². The monoisotopic (exact) mass is 798 g/mol. The number of rotatable bonds is 14. The fourth-order valence-electron chi connectivity index (χ4n) is 6.82. The minimum Gasteiger partial charge on any atom is -0.434 e. The van der Waals surface area contributed by atoms with Crippen LogP contribution < -0.4 is 5.73 Å². The molecule has 1 aliphatic rings. The van der Waals surface area contributed by atoms with E-state index >= 15 is 0 Å². The van der Waals surface area contributed by atoms with Crippen LogP contribution in [0, 0.1) is 25.6 Å². The molecule has 60 heavy (non-hydrogen) atoms. The van der Waals surface area contributed by atoms with Crippen LogP contribution in [-0.2, 0) is 17.6 Å². The first kappa shape index (κ1) is 44.4. The molecule has 0 fully saturated rings. The number of aliphatic imine (C=N–C) groups is 1. The van der Waals surface area contributed by atoms with Crippen LogP contribution in [0.25, 0.3) is 27.8 Å². The molecule has 1 aliphatic heterocycles. The van der Waals surface area contributed by atoms with E-state index in [0.29, 0.717) is 34.9 Å². The Morgan fingerprint density at radius 1 is 0.800 bits per heavy atom. The third kappa shape index (κ3) is 11.5. The van der Waals surface area contributed by atoms with E-state index in [4.69, 9.17) is 10.2 Å². The van der Waals surface area contributed by atoms with Crippen LogP contribution >= 0.6 is 0 Å². The van der Waals surface area contributed by atoms with Crippen molar-refractivity contribution in [1.82, 2.24) is 4.98 Å². The smallest absolute Gasteiger partial charge is 0.264 e. The highest BCUT2D eigenvalue weighted by Gasteiger charge is 2.32. The number of benzene rings is 5. The van der Waals surface area contributed by atoms with Crippen molar-refractivity contribution in [2.75, 3.05) is 0 Å². The third-order valence-corrected chi connectivity index (χ3v) is 10.00. The molecule has 7 heteroatoms. The van der Waals surface area contributed by atoms with E-state index in [1.807, 2.05) is 131 Å². The molecular formula is C53H53FN3O3. The van der Waals surface area contributed by atoms with Gasteiger partial charge in [-0.3, -0.25) is 9.59 Å². The van der Waals surface area contributed by atoms with Crippen LogP contribution in [0.3, 0.4) is 0 Å². The lowest BCUT2D eigenvalue weighted by Gasteiger charge is -2.11. The van der Waals surface area contributed by atoms with Crippen molar-refractivity contribution in [3.63, 3.8) is 0 Å². The Labute approximate surface area is 353 Å². The molecule has 0 unspecified atom stereocenters. The van der Waals surface area contributed by atoms with Gasteiger partial charge < -0.3 is 10.2 Å². The summed E-state index contributed by atoms with van der Waals surface area (Å²) in [5, 5.41) is 0. The van der Waals surface area contributed by atoms with Gasteiger partial charge in [-0.05, 0) is 95.8 Å². The minimum atomic E-state index is -0.476. The summed E-state index contributed by atoms with van der Waals surface area (Å²) in [5.41, 5.74) is 15.9. The number of carbonyl (C=O) groups is 2. The molecule has 0 bridgehead atoms. The molecule has 5 aromatic carbocycles. The maximum absolute atomic E-state index is 14.6. The first-order valence-electron chi connectivity index (χ1n) is 20.4. The Hall–Kier alpha value is -6.73. The van der Waals surface area contributed by atoms with Gasteiger partial charge in [-0.2, -0.15) is 0 Å². The molecule has 0 aliphatic carbocycles. The number of halogens is 1. The standard InChI is InChI=1S/C26H24FNO2.C25H23N2O.C2H6/c1-18-10-8-9-14-21(18)20-16-22(27)25-24(17-20)30-26(28-25)23(29)15-7-3-6-13-19-11-4-2-5-12-19;1-4-22-23(15-21(16-26)20-12-10-17(2)11-13-20)18(3)27-25(22)24(28)14-19-8-6-5-7-9-19;1-2/h2,4-5,8-12,14,16-17H,3,6-7,13,15H2,1H3;4-13,15-16H,1,3,14,26H2,2H3;1-2H3/b;21-16+,23-15+;. The minimum absolute atomic E-state index is 0.00565. The van der Waals surface area contributed by atoms with E-state index in [0.717, 1.165) is 59.1 Å². The van der Waals surface area contributed by atoms with E-state index in [-0.39, 0.29) is 29.4 Å². The number of oxazole rings is 1. The molecule has 0 saturated heterocycles. The van der Waals surface area contributed by atoms with Gasteiger partial charge in [0, 0.05) is 19.0 Å². The molecule has 1 radical (unpaired) electrons. The first-order valence-corrected chi connectivity index (χ1v) is 20.4. The van der Waals surface area contributed by atoms with E-state index < -0.39 is 5.82 Å². The number of hydrogen-bond donors (Lipinski definition) is 1. The van der Waals surface area contributed by atoms with Crippen molar-refractivity contribution in [3.05, 3.63) is 210 Å². The summed E-state index contributed by atoms with van der Waals surface area (Å²) >= 11 is 0. The summed E-state index contributed by atoms with van der Waals surface area (Å²) in [6.07, 6.45) is 9.52. The van der Waals surface area contributed by atoms with Crippen molar-refractivity contribution >= 4 is 34.0 Å². The molecule has 0 atom stereocenters. The normalized spacial score (nSPS) is 13.3. The lowest BCUT2D eigenvalue weighted by atomic mass is 9.89. The van der Waals surface area contributed by atoms with Gasteiger partial charge in [0.1, 0.15) is 11.2 Å². The molecule has 6 nitrogen and oxygen atoms in total. The quantitative estimate of drug-likeness (QED) is 0.0874. The van der Waals surface area contributed by atoms with Gasteiger partial charge >= 0.3 is 0 Å². The Bertz CT molecular complexity index is 2510. The molecule has 6 aromatic rings. The van der Waals surface area contributed by atoms with Crippen LogP contribution in [0.1, 0.15) is 78.0 Å². The average molecular weight is 799 g/mol. The number of allylic oxidation sites excluding steroid dienone is 4. The summed E-state index contributed by atoms with van der Waals surface area (Å²) in [7, 11) is 0. The van der Waals surface area contributed by atoms with E-state index in [2.05, 4.69) is 35.3 Å². The maximum Gasteiger partial charge on any atom is 0.264 e. The molecule has 1 aromatic heterocycles. The maximum atomic E-state index is 14.6. The second kappa shape index (κ2) is 21.9. The molecule has 0 amide bonds. The van der Waals surface area contributed by atoms with Crippen molar-refractivity contribution in [2.45, 2.75) is 66.2 Å². The summed E-state index contributed by atoms with van der Waals surface area (Å²) in [4.78, 5) is 33.9. The number of nitrogens with two attached hydrogens (primary N) is 1. The summed E-state index contributed by atoms with van der Waals surface area (Å²) < 4.78 is 20.3. The lowest BCUT2D eigenvalue weighted by molar-refractivity contribution is -0.112. The molecule has 2 N–H and O–H groups in total. The summed E-state index contributed by atoms with van der Waals surface area (Å²) in [6.45, 7) is 15.9. The van der Waals surface area contributed by atoms with E-state index in [1.54, 1.807) is 18.3 Å². The van der Waals surface area contributed by atoms with Crippen LogP contribution in [0.2, 0.25) is 0 Å². The number of hydrogen-bond acceptors (Lipinski definition) is 6. The molecular weight excluding hydrogens is 746 g/mol. The zero-order valence-corrected chi connectivity index (χ0v) is 35.0.